The molecule has 0 aromatic rings. The summed E-state index contributed by atoms with van der Waals surface area (Å²) in [6.07, 6.45) is 54.2. The van der Waals surface area contributed by atoms with Gasteiger partial charge in [-0.3, -0.25) is 4.90 Å². The standard InChI is InChI=1S/C54H65N3O2/c1-33-30-47(56(35-14-4-3-5-15-35)45-20-12-18-38-39-16-6-8-22-49(39)58-32-44(38)45)42-27-25-37-34(2)31-48(43-28-26-36(33)52(42)53(37)43)57(51-24-10-11-29-55-51)46-21-13-19-41-40-17-7-9-23-50(40)59-54(41)46/h3-4,7-11,14,17-19,22-24,29-30,33-34,36,40,42-46,48,50-52,54-55H,5-6,12-13,15-16,20-21,25-28,31-32H2,1-2H3/t33?,34?,36?,40?,42-,43?,44?,45?,46?,48?,50-,51?,52?,54?/m1/s1. The highest BCUT2D eigenvalue weighted by atomic mass is 16.5. The van der Waals surface area contributed by atoms with Crippen LogP contribution in [0.3, 0.4) is 0 Å². The summed E-state index contributed by atoms with van der Waals surface area (Å²) in [5, 5.41) is 3.89. The van der Waals surface area contributed by atoms with Gasteiger partial charge in [-0.25, -0.2) is 0 Å². The number of ether oxygens (including phenoxy) is 2. The van der Waals surface area contributed by atoms with Crippen LogP contribution >= 0.6 is 0 Å². The molecule has 9 aliphatic carbocycles. The second-order valence-electron chi connectivity index (χ2n) is 20.1. The predicted molar refractivity (Wildman–Crippen MR) is 237 cm³/mol. The Morgan fingerprint density at radius 2 is 1.64 bits per heavy atom. The lowest BCUT2D eigenvalue weighted by Crippen LogP contribution is -2.62. The minimum Gasteiger partial charge on any atom is -0.493 e. The van der Waals surface area contributed by atoms with E-state index in [2.05, 4.69) is 126 Å². The maximum Gasteiger partial charge on any atom is 0.122 e. The minimum atomic E-state index is 0.152. The Hall–Kier alpha value is -3.80. The minimum absolute atomic E-state index is 0.152. The van der Waals surface area contributed by atoms with Crippen LogP contribution in [0.1, 0.15) is 97.3 Å². The molecule has 0 aromatic heterocycles. The van der Waals surface area contributed by atoms with Gasteiger partial charge in [-0.2, -0.15) is 0 Å². The molecule has 308 valence electrons. The topological polar surface area (TPSA) is 37.0 Å². The third-order valence-electron chi connectivity index (χ3n) is 17.3. The molecule has 0 radical (unpaired) electrons. The summed E-state index contributed by atoms with van der Waals surface area (Å²) >= 11 is 0. The smallest absolute Gasteiger partial charge is 0.122 e. The Balaban J connectivity index is 0.917. The van der Waals surface area contributed by atoms with Crippen molar-refractivity contribution >= 4 is 0 Å². The van der Waals surface area contributed by atoms with E-state index in [1.807, 2.05) is 11.1 Å². The number of rotatable bonds is 6. The van der Waals surface area contributed by atoms with E-state index in [4.69, 9.17) is 9.47 Å². The highest BCUT2D eigenvalue weighted by molar-refractivity contribution is 5.46. The molecule has 0 aromatic carbocycles. The zero-order chi connectivity index (χ0) is 39.2. The van der Waals surface area contributed by atoms with E-state index >= 15 is 0 Å². The highest BCUT2D eigenvalue weighted by Crippen LogP contribution is 2.62. The van der Waals surface area contributed by atoms with Crippen LogP contribution in [0.5, 0.6) is 0 Å². The molecule has 12 rings (SSSR count). The lowest BCUT2D eigenvalue weighted by atomic mass is 9.50. The van der Waals surface area contributed by atoms with Gasteiger partial charge in [0.25, 0.3) is 0 Å². The Morgan fingerprint density at radius 3 is 2.54 bits per heavy atom. The Morgan fingerprint density at radius 1 is 0.763 bits per heavy atom. The Kier molecular flexibility index (Phi) is 9.39. The average molecular weight is 788 g/mol. The summed E-state index contributed by atoms with van der Waals surface area (Å²) in [6.45, 7) is 6.01. The van der Waals surface area contributed by atoms with E-state index in [0.29, 0.717) is 59.6 Å². The van der Waals surface area contributed by atoms with Crippen LogP contribution < -0.4 is 5.32 Å². The van der Waals surface area contributed by atoms with Crippen molar-refractivity contribution in [3.05, 3.63) is 142 Å². The maximum atomic E-state index is 7.11. The predicted octanol–water partition coefficient (Wildman–Crippen LogP) is 11.1. The molecule has 14 atom stereocenters. The van der Waals surface area contributed by atoms with Crippen molar-refractivity contribution in [3.8, 4) is 0 Å². The molecule has 1 saturated carbocycles. The fraction of sp³-hybridized carbons (Fsp3) is 0.556. The first-order valence-electron chi connectivity index (χ1n) is 24.0. The number of dihydropyridines is 1. The number of allylic oxidation sites excluding steroid dienone is 16. The van der Waals surface area contributed by atoms with Gasteiger partial charge < -0.3 is 19.7 Å². The van der Waals surface area contributed by atoms with Crippen molar-refractivity contribution in [3.63, 3.8) is 0 Å². The summed E-state index contributed by atoms with van der Waals surface area (Å²) in [5.74, 6) is 5.69. The summed E-state index contributed by atoms with van der Waals surface area (Å²) in [5.41, 5.74) is 11.7. The number of fused-ring (bicyclic) bond motifs is 5. The lowest BCUT2D eigenvalue weighted by molar-refractivity contribution is -0.0499. The zero-order valence-electron chi connectivity index (χ0n) is 35.4. The van der Waals surface area contributed by atoms with E-state index in [-0.39, 0.29) is 18.4 Å². The molecule has 5 nitrogen and oxygen atoms in total. The third-order valence-corrected chi connectivity index (χ3v) is 17.3. The van der Waals surface area contributed by atoms with Crippen molar-refractivity contribution in [2.45, 2.75) is 134 Å². The first-order chi connectivity index (χ1) is 29.1. The van der Waals surface area contributed by atoms with Crippen LogP contribution in [-0.4, -0.2) is 52.9 Å². The maximum absolute atomic E-state index is 7.11. The first-order valence-corrected chi connectivity index (χ1v) is 24.0. The molecule has 59 heavy (non-hydrogen) atoms. The SMILES string of the molecule is CC1CC(N(C2C=CC=CN2)C2CCC=C3C2O[C@@H]2C=CC=CC32)C2CCC3C(C)C=C(N(C4=CC=CCC4)C4CCC=C5C6=C(C=CCC6)OCC54)[C@H]4CCC1=C2C34. The Bertz CT molecular complexity index is 2120. The van der Waals surface area contributed by atoms with Crippen LogP contribution in [0.2, 0.25) is 0 Å². The number of nitrogens with zero attached hydrogens (tertiary/aromatic N) is 2. The molecule has 2 fully saturated rings. The van der Waals surface area contributed by atoms with Gasteiger partial charge in [0.15, 0.2) is 0 Å². The summed E-state index contributed by atoms with van der Waals surface area (Å²) < 4.78 is 13.8. The normalized spacial score (nSPS) is 42.4. The fourth-order valence-corrected chi connectivity index (χ4v) is 15.0. The molecule has 0 bridgehead atoms. The van der Waals surface area contributed by atoms with Gasteiger partial charge in [0.2, 0.25) is 0 Å². The van der Waals surface area contributed by atoms with Gasteiger partial charge in [0.1, 0.15) is 5.76 Å². The zero-order valence-corrected chi connectivity index (χ0v) is 35.4. The lowest BCUT2D eigenvalue weighted by Gasteiger charge is -2.60. The molecule has 0 spiro atoms. The van der Waals surface area contributed by atoms with Crippen molar-refractivity contribution < 1.29 is 9.47 Å². The molecule has 3 aliphatic heterocycles. The van der Waals surface area contributed by atoms with Gasteiger partial charge in [-0.1, -0.05) is 91.8 Å². The first kappa shape index (κ1) is 37.0. The fourth-order valence-electron chi connectivity index (χ4n) is 15.0. The molecular formula is C54H65N3O2. The van der Waals surface area contributed by atoms with E-state index in [1.165, 1.54) is 49.7 Å². The van der Waals surface area contributed by atoms with Crippen LogP contribution in [0, 0.1) is 47.3 Å². The third kappa shape index (κ3) is 5.98. The molecule has 3 heterocycles. The van der Waals surface area contributed by atoms with Crippen LogP contribution in [0.15, 0.2) is 142 Å². The van der Waals surface area contributed by atoms with E-state index < -0.39 is 0 Å². The summed E-state index contributed by atoms with van der Waals surface area (Å²) in [4.78, 5) is 5.98. The molecule has 12 aliphatic rings. The second-order valence-corrected chi connectivity index (χ2v) is 20.1. The molecule has 12 unspecified atom stereocenters. The van der Waals surface area contributed by atoms with Crippen LogP contribution in [0.4, 0.5) is 0 Å². The molecule has 0 amide bonds. The number of nitrogens with one attached hydrogen (secondary N) is 1. The van der Waals surface area contributed by atoms with E-state index in [0.717, 1.165) is 63.2 Å². The van der Waals surface area contributed by atoms with Crippen LogP contribution in [-0.2, 0) is 9.47 Å². The summed E-state index contributed by atoms with van der Waals surface area (Å²) in [6, 6.07) is 1.29. The quantitative estimate of drug-likeness (QED) is 0.271. The number of hydrogen-bond acceptors (Lipinski definition) is 5. The van der Waals surface area contributed by atoms with Gasteiger partial charge in [0, 0.05) is 47.3 Å². The van der Waals surface area contributed by atoms with Crippen LogP contribution in [0.25, 0.3) is 0 Å². The average Bonchev–Trinajstić information content (AvgIpc) is 3.68. The van der Waals surface area contributed by atoms with Gasteiger partial charge in [0.05, 0.1) is 25.0 Å². The van der Waals surface area contributed by atoms with Gasteiger partial charge in [-0.15, -0.1) is 0 Å². The van der Waals surface area contributed by atoms with Gasteiger partial charge in [-0.05, 0) is 160 Å². The highest BCUT2D eigenvalue weighted by Gasteiger charge is 2.56. The number of hydrogen-bond donors (Lipinski definition) is 1. The van der Waals surface area contributed by atoms with Crippen molar-refractivity contribution in [2.75, 3.05) is 6.61 Å². The molecule has 1 saturated heterocycles. The van der Waals surface area contributed by atoms with Gasteiger partial charge >= 0.3 is 0 Å². The summed E-state index contributed by atoms with van der Waals surface area (Å²) in [7, 11) is 0. The monoisotopic (exact) mass is 788 g/mol. The Labute approximate surface area is 353 Å². The molecule has 5 heteroatoms. The van der Waals surface area contributed by atoms with Crippen molar-refractivity contribution in [1.29, 1.82) is 0 Å². The largest absolute Gasteiger partial charge is 0.493 e. The molecule has 1 N–H and O–H groups in total. The van der Waals surface area contributed by atoms with E-state index in [9.17, 15) is 0 Å². The van der Waals surface area contributed by atoms with E-state index in [1.54, 1.807) is 17.0 Å². The van der Waals surface area contributed by atoms with Crippen molar-refractivity contribution in [2.24, 2.45) is 47.3 Å². The molecular weight excluding hydrogens is 723 g/mol. The second kappa shape index (κ2) is 15.0. The van der Waals surface area contributed by atoms with Crippen molar-refractivity contribution in [1.82, 2.24) is 15.1 Å².